The second-order valence-electron chi connectivity index (χ2n) is 5.06. The molecule has 3 nitrogen and oxygen atoms in total. The molecule has 0 amide bonds. The Kier molecular flexibility index (Phi) is 4.38. The van der Waals surface area contributed by atoms with Gasteiger partial charge in [-0.15, -0.1) is 0 Å². The van der Waals surface area contributed by atoms with E-state index >= 15 is 0 Å². The fourth-order valence-corrected chi connectivity index (χ4v) is 2.42. The van der Waals surface area contributed by atoms with Crippen molar-refractivity contribution in [2.24, 2.45) is 7.05 Å². The number of aryl methyl sites for hydroxylation is 2. The molecule has 0 spiro atoms. The van der Waals surface area contributed by atoms with Gasteiger partial charge < -0.3 is 5.32 Å². The van der Waals surface area contributed by atoms with Gasteiger partial charge in [-0.1, -0.05) is 25.1 Å². The topological polar surface area (TPSA) is 29.9 Å². The van der Waals surface area contributed by atoms with Gasteiger partial charge in [0.1, 0.15) is 0 Å². The van der Waals surface area contributed by atoms with Crippen molar-refractivity contribution in [2.45, 2.75) is 33.2 Å². The van der Waals surface area contributed by atoms with Gasteiger partial charge in [0, 0.05) is 13.2 Å². The second-order valence-corrected chi connectivity index (χ2v) is 5.06. The van der Waals surface area contributed by atoms with Crippen molar-refractivity contribution in [1.29, 1.82) is 0 Å². The van der Waals surface area contributed by atoms with Crippen LogP contribution in [0.5, 0.6) is 0 Å². The molecule has 3 heteroatoms. The van der Waals surface area contributed by atoms with Crippen LogP contribution in [0.15, 0.2) is 30.5 Å². The van der Waals surface area contributed by atoms with Crippen molar-refractivity contribution in [1.82, 2.24) is 15.1 Å². The van der Waals surface area contributed by atoms with Gasteiger partial charge in [0.2, 0.25) is 0 Å². The minimum Gasteiger partial charge on any atom is -0.305 e. The molecule has 1 unspecified atom stereocenters. The molecule has 0 saturated carbocycles. The van der Waals surface area contributed by atoms with E-state index in [4.69, 9.17) is 0 Å². The van der Waals surface area contributed by atoms with Crippen LogP contribution in [-0.2, 0) is 7.05 Å². The second kappa shape index (κ2) is 6.02. The van der Waals surface area contributed by atoms with E-state index in [9.17, 15) is 0 Å². The van der Waals surface area contributed by atoms with Crippen molar-refractivity contribution in [3.63, 3.8) is 0 Å². The molecule has 0 aliphatic rings. The molecule has 1 heterocycles. The van der Waals surface area contributed by atoms with E-state index in [1.807, 2.05) is 17.9 Å². The first-order valence-electron chi connectivity index (χ1n) is 6.92. The molecule has 0 bridgehead atoms. The van der Waals surface area contributed by atoms with Gasteiger partial charge in [-0.2, -0.15) is 5.10 Å². The Labute approximate surface area is 115 Å². The Balaban J connectivity index is 2.43. The molecule has 1 atom stereocenters. The average molecular weight is 257 g/mol. The summed E-state index contributed by atoms with van der Waals surface area (Å²) in [4.78, 5) is 0. The minimum atomic E-state index is 0.215. The highest BCUT2D eigenvalue weighted by Crippen LogP contribution is 2.26. The summed E-state index contributed by atoms with van der Waals surface area (Å²) >= 11 is 0. The predicted octanol–water partition coefficient (Wildman–Crippen LogP) is 3.13. The number of nitrogens with one attached hydrogen (secondary N) is 1. The van der Waals surface area contributed by atoms with E-state index in [-0.39, 0.29) is 6.04 Å². The number of nitrogens with zero attached hydrogens (tertiary/aromatic N) is 2. The van der Waals surface area contributed by atoms with E-state index in [0.29, 0.717) is 0 Å². The van der Waals surface area contributed by atoms with Crippen LogP contribution in [0.4, 0.5) is 0 Å². The summed E-state index contributed by atoms with van der Waals surface area (Å²) in [7, 11) is 2.00. The van der Waals surface area contributed by atoms with Crippen molar-refractivity contribution in [2.75, 3.05) is 6.54 Å². The van der Waals surface area contributed by atoms with Crippen LogP contribution >= 0.6 is 0 Å². The van der Waals surface area contributed by atoms with Gasteiger partial charge in [0.25, 0.3) is 0 Å². The van der Waals surface area contributed by atoms with E-state index in [1.54, 1.807) is 0 Å². The number of benzene rings is 1. The molecule has 0 fully saturated rings. The monoisotopic (exact) mass is 257 g/mol. The van der Waals surface area contributed by atoms with Crippen LogP contribution in [0, 0.1) is 13.8 Å². The lowest BCUT2D eigenvalue weighted by Gasteiger charge is -2.22. The van der Waals surface area contributed by atoms with E-state index in [1.165, 1.54) is 22.4 Å². The number of rotatable bonds is 5. The summed E-state index contributed by atoms with van der Waals surface area (Å²) in [6, 6.07) is 8.82. The summed E-state index contributed by atoms with van der Waals surface area (Å²) in [5.74, 6) is 0. The quantitative estimate of drug-likeness (QED) is 0.892. The molecule has 0 saturated heterocycles. The van der Waals surface area contributed by atoms with E-state index in [2.05, 4.69) is 55.5 Å². The smallest absolute Gasteiger partial charge is 0.0750 e. The molecule has 1 aromatic carbocycles. The molecule has 0 aliphatic carbocycles. The van der Waals surface area contributed by atoms with Crippen molar-refractivity contribution in [3.8, 4) is 0 Å². The Morgan fingerprint density at radius 1 is 1.26 bits per heavy atom. The minimum absolute atomic E-state index is 0.215. The zero-order valence-electron chi connectivity index (χ0n) is 12.3. The molecule has 2 rings (SSSR count). The lowest BCUT2D eigenvalue weighted by atomic mass is 9.95. The lowest BCUT2D eigenvalue weighted by molar-refractivity contribution is 0.551. The number of hydrogen-bond donors (Lipinski definition) is 1. The Morgan fingerprint density at radius 2 is 2.05 bits per heavy atom. The molecule has 0 aliphatic heterocycles. The standard InChI is InChI=1S/C16H23N3/c1-5-10-17-16(15-9-11-18-19(15)4)14-8-6-7-12(2)13(14)3/h6-9,11,16-17H,5,10H2,1-4H3. The van der Waals surface area contributed by atoms with Gasteiger partial charge >= 0.3 is 0 Å². The van der Waals surface area contributed by atoms with Crippen molar-refractivity contribution in [3.05, 3.63) is 52.8 Å². The van der Waals surface area contributed by atoms with Crippen LogP contribution < -0.4 is 5.32 Å². The molecule has 0 radical (unpaired) electrons. The maximum absolute atomic E-state index is 4.30. The van der Waals surface area contributed by atoms with Crippen LogP contribution in [0.2, 0.25) is 0 Å². The summed E-state index contributed by atoms with van der Waals surface area (Å²) < 4.78 is 1.95. The summed E-state index contributed by atoms with van der Waals surface area (Å²) in [6.45, 7) is 7.56. The Hall–Kier alpha value is -1.61. The van der Waals surface area contributed by atoms with Crippen LogP contribution in [0.25, 0.3) is 0 Å². The molecule has 102 valence electrons. The maximum Gasteiger partial charge on any atom is 0.0750 e. The molecule has 2 aromatic rings. The zero-order chi connectivity index (χ0) is 13.8. The van der Waals surface area contributed by atoms with Gasteiger partial charge in [-0.25, -0.2) is 0 Å². The largest absolute Gasteiger partial charge is 0.305 e. The average Bonchev–Trinajstić information content (AvgIpc) is 2.81. The molecular formula is C16H23N3. The zero-order valence-corrected chi connectivity index (χ0v) is 12.3. The highest BCUT2D eigenvalue weighted by atomic mass is 15.3. The molecule has 19 heavy (non-hydrogen) atoms. The summed E-state index contributed by atoms with van der Waals surface area (Å²) in [6.07, 6.45) is 2.99. The predicted molar refractivity (Wildman–Crippen MR) is 79.3 cm³/mol. The Bertz CT molecular complexity index is 543. The highest BCUT2D eigenvalue weighted by molar-refractivity contribution is 5.39. The van der Waals surface area contributed by atoms with Crippen LogP contribution in [0.1, 0.15) is 41.8 Å². The van der Waals surface area contributed by atoms with Gasteiger partial charge in [0.15, 0.2) is 0 Å². The van der Waals surface area contributed by atoms with Crippen molar-refractivity contribution >= 4 is 0 Å². The third kappa shape index (κ3) is 2.87. The Morgan fingerprint density at radius 3 is 2.68 bits per heavy atom. The number of aromatic nitrogens is 2. The molecular weight excluding hydrogens is 234 g/mol. The van der Waals surface area contributed by atoms with Crippen molar-refractivity contribution < 1.29 is 0 Å². The third-order valence-electron chi connectivity index (χ3n) is 3.71. The van der Waals surface area contributed by atoms with Gasteiger partial charge in [0.05, 0.1) is 11.7 Å². The molecule has 1 N–H and O–H groups in total. The van der Waals surface area contributed by atoms with E-state index < -0.39 is 0 Å². The van der Waals surface area contributed by atoms with Crippen LogP contribution in [-0.4, -0.2) is 16.3 Å². The first-order valence-corrected chi connectivity index (χ1v) is 6.92. The van der Waals surface area contributed by atoms with Gasteiger partial charge in [-0.3, -0.25) is 4.68 Å². The normalized spacial score (nSPS) is 12.6. The number of hydrogen-bond acceptors (Lipinski definition) is 2. The fraction of sp³-hybridized carbons (Fsp3) is 0.438. The van der Waals surface area contributed by atoms with E-state index in [0.717, 1.165) is 13.0 Å². The fourth-order valence-electron chi connectivity index (χ4n) is 2.42. The van der Waals surface area contributed by atoms with Crippen LogP contribution in [0.3, 0.4) is 0 Å². The summed E-state index contributed by atoms with van der Waals surface area (Å²) in [5, 5.41) is 7.94. The molecule has 1 aromatic heterocycles. The maximum atomic E-state index is 4.30. The van der Waals surface area contributed by atoms with Gasteiger partial charge in [-0.05, 0) is 49.6 Å². The SMILES string of the molecule is CCCNC(c1cccc(C)c1C)c1ccnn1C. The lowest BCUT2D eigenvalue weighted by Crippen LogP contribution is -2.26. The summed E-state index contributed by atoms with van der Waals surface area (Å²) in [5.41, 5.74) is 5.25. The third-order valence-corrected chi connectivity index (χ3v) is 3.71. The first-order chi connectivity index (χ1) is 9.15. The highest BCUT2D eigenvalue weighted by Gasteiger charge is 2.18. The first kappa shape index (κ1) is 13.8.